The number of hydrogen-bond donors (Lipinski definition) is 0. The third-order valence-electron chi connectivity index (χ3n) is 5.19. The zero-order chi connectivity index (χ0) is 19.7. The van der Waals surface area contributed by atoms with Crippen LogP contribution in [0.4, 0.5) is 0 Å². The predicted molar refractivity (Wildman–Crippen MR) is 123 cm³/mol. The Morgan fingerprint density at radius 2 is 1.17 bits per heavy atom. The maximum atomic E-state index is 4.99. The predicted octanol–water partition coefficient (Wildman–Crippen LogP) is 5.27. The van der Waals surface area contributed by atoms with Gasteiger partial charge in [0.05, 0.1) is 5.39 Å². The number of hydrogen-bond acceptors (Lipinski definition) is 3. The summed E-state index contributed by atoms with van der Waals surface area (Å²) in [6, 6.07) is 31.5. The molecule has 3 aromatic carbocycles. The Morgan fingerprint density at radius 1 is 0.690 bits per heavy atom. The Labute approximate surface area is 182 Å². The second-order valence-corrected chi connectivity index (χ2v) is 7.79. The molecule has 0 bridgehead atoms. The molecule has 29 heavy (non-hydrogen) atoms. The lowest BCUT2D eigenvalue weighted by atomic mass is 9.77. The van der Waals surface area contributed by atoms with Crippen molar-refractivity contribution in [3.8, 4) is 0 Å². The molecule has 0 aliphatic carbocycles. The lowest BCUT2D eigenvalue weighted by molar-refractivity contribution is 0.470. The van der Waals surface area contributed by atoms with E-state index >= 15 is 0 Å². The number of nitrogens with zero attached hydrogens (tertiary/aromatic N) is 4. The summed E-state index contributed by atoms with van der Waals surface area (Å²) in [5.41, 5.74) is 3.51. The Kier molecular flexibility index (Phi) is 4.60. The summed E-state index contributed by atoms with van der Waals surface area (Å²) in [5.74, 6) is 0. The van der Waals surface area contributed by atoms with Gasteiger partial charge in [0.2, 0.25) is 0 Å². The highest BCUT2D eigenvalue weighted by Crippen LogP contribution is 2.42. The highest BCUT2D eigenvalue weighted by atomic mass is 127. The largest absolute Gasteiger partial charge is 0.244 e. The molecule has 2 heterocycles. The van der Waals surface area contributed by atoms with E-state index in [4.69, 9.17) is 5.10 Å². The average Bonchev–Trinajstić information content (AvgIpc) is 3.14. The highest BCUT2D eigenvalue weighted by Gasteiger charge is 2.41. The molecule has 0 N–H and O–H groups in total. The Morgan fingerprint density at radius 3 is 1.66 bits per heavy atom. The minimum absolute atomic E-state index is 0.667. The maximum absolute atomic E-state index is 4.99. The van der Waals surface area contributed by atoms with E-state index in [1.165, 1.54) is 0 Å². The van der Waals surface area contributed by atoms with Gasteiger partial charge in [-0.2, -0.15) is 5.10 Å². The minimum atomic E-state index is -0.667. The van der Waals surface area contributed by atoms with E-state index in [0.717, 1.165) is 31.4 Å². The molecule has 4 nitrogen and oxygen atoms in total. The van der Waals surface area contributed by atoms with Gasteiger partial charge in [0.25, 0.3) is 0 Å². The van der Waals surface area contributed by atoms with Crippen LogP contribution in [0.2, 0.25) is 0 Å². The fourth-order valence-corrected chi connectivity index (χ4v) is 4.56. The average molecular weight is 488 g/mol. The van der Waals surface area contributed by atoms with Gasteiger partial charge in [0.15, 0.2) is 5.65 Å². The van der Waals surface area contributed by atoms with Gasteiger partial charge in [-0.05, 0) is 39.3 Å². The first-order chi connectivity index (χ1) is 14.3. The summed E-state index contributed by atoms with van der Waals surface area (Å²) in [4.78, 5) is 8.85. The summed E-state index contributed by atoms with van der Waals surface area (Å²) in [6.45, 7) is 0. The summed E-state index contributed by atoms with van der Waals surface area (Å²) in [5, 5.41) is 5.94. The Balaban J connectivity index is 1.99. The van der Waals surface area contributed by atoms with Crippen LogP contribution in [-0.4, -0.2) is 19.7 Å². The van der Waals surface area contributed by atoms with Crippen molar-refractivity contribution in [1.29, 1.82) is 0 Å². The number of halogens is 1. The van der Waals surface area contributed by atoms with Gasteiger partial charge in [-0.15, -0.1) is 0 Å². The van der Waals surface area contributed by atoms with Crippen LogP contribution in [0, 0.1) is 3.70 Å². The molecule has 2 aromatic heterocycles. The van der Waals surface area contributed by atoms with Crippen LogP contribution in [0.1, 0.15) is 16.7 Å². The molecule has 0 aliphatic heterocycles. The summed E-state index contributed by atoms with van der Waals surface area (Å²) in [6.07, 6.45) is 3.42. The molecule has 0 radical (unpaired) electrons. The lowest BCUT2D eigenvalue weighted by Crippen LogP contribution is -2.38. The zero-order valence-electron chi connectivity index (χ0n) is 15.5. The lowest BCUT2D eigenvalue weighted by Gasteiger charge is -2.36. The van der Waals surface area contributed by atoms with Gasteiger partial charge in [-0.3, -0.25) is 0 Å². The van der Waals surface area contributed by atoms with E-state index in [-0.39, 0.29) is 0 Å². The second kappa shape index (κ2) is 7.40. The first-order valence-corrected chi connectivity index (χ1v) is 10.4. The topological polar surface area (TPSA) is 43.6 Å². The fourth-order valence-electron chi connectivity index (χ4n) is 3.97. The molecule has 0 fully saturated rings. The SMILES string of the molecule is Ic1nn(C(c2ccccc2)(c2ccccc2)c2ccccc2)c2ncncc12. The molecular weight excluding hydrogens is 471 g/mol. The minimum Gasteiger partial charge on any atom is -0.244 e. The quantitative estimate of drug-likeness (QED) is 0.256. The van der Waals surface area contributed by atoms with Gasteiger partial charge in [-0.1, -0.05) is 91.0 Å². The zero-order valence-corrected chi connectivity index (χ0v) is 17.6. The van der Waals surface area contributed by atoms with E-state index in [0.29, 0.717) is 0 Å². The van der Waals surface area contributed by atoms with Gasteiger partial charge in [0.1, 0.15) is 15.6 Å². The van der Waals surface area contributed by atoms with Crippen molar-refractivity contribution in [3.63, 3.8) is 0 Å². The molecule has 0 saturated carbocycles. The summed E-state index contributed by atoms with van der Waals surface area (Å²) < 4.78 is 2.93. The van der Waals surface area contributed by atoms with Crippen LogP contribution in [-0.2, 0) is 5.54 Å². The van der Waals surface area contributed by atoms with Crippen LogP contribution in [0.25, 0.3) is 11.0 Å². The molecule has 0 aliphatic rings. The van der Waals surface area contributed by atoms with Crippen molar-refractivity contribution in [2.24, 2.45) is 0 Å². The van der Waals surface area contributed by atoms with Crippen molar-refractivity contribution in [3.05, 3.63) is 124 Å². The monoisotopic (exact) mass is 488 g/mol. The second-order valence-electron chi connectivity index (χ2n) is 6.77. The van der Waals surface area contributed by atoms with Crippen molar-refractivity contribution in [2.45, 2.75) is 5.54 Å². The number of rotatable bonds is 4. The molecule has 5 heteroatoms. The molecule has 0 atom stereocenters. The number of fused-ring (bicyclic) bond motifs is 1. The van der Waals surface area contributed by atoms with Crippen LogP contribution in [0.15, 0.2) is 104 Å². The Bertz CT molecular complexity index is 1150. The smallest absolute Gasteiger partial charge is 0.163 e. The molecule has 140 valence electrons. The summed E-state index contributed by atoms with van der Waals surface area (Å²) in [7, 11) is 0. The molecule has 5 rings (SSSR count). The third-order valence-corrected chi connectivity index (χ3v) is 5.99. The highest BCUT2D eigenvalue weighted by molar-refractivity contribution is 14.1. The van der Waals surface area contributed by atoms with E-state index in [2.05, 4.69) is 105 Å². The molecule has 0 amide bonds. The molecule has 5 aromatic rings. The Hall–Kier alpha value is -3.06. The van der Waals surface area contributed by atoms with Crippen LogP contribution in [0.5, 0.6) is 0 Å². The van der Waals surface area contributed by atoms with Crippen molar-refractivity contribution >= 4 is 33.6 Å². The van der Waals surface area contributed by atoms with Gasteiger partial charge in [0, 0.05) is 6.20 Å². The van der Waals surface area contributed by atoms with Gasteiger partial charge >= 0.3 is 0 Å². The van der Waals surface area contributed by atoms with Crippen molar-refractivity contribution < 1.29 is 0 Å². The first-order valence-electron chi connectivity index (χ1n) is 9.33. The maximum Gasteiger partial charge on any atom is 0.163 e. The molecule has 0 unspecified atom stereocenters. The van der Waals surface area contributed by atoms with Crippen LogP contribution in [0.3, 0.4) is 0 Å². The fraction of sp³-hybridized carbons (Fsp3) is 0.0417. The van der Waals surface area contributed by atoms with E-state index < -0.39 is 5.54 Å². The molecule has 0 saturated heterocycles. The van der Waals surface area contributed by atoms with E-state index in [9.17, 15) is 0 Å². The number of benzene rings is 3. The number of aromatic nitrogens is 4. The molecular formula is C24H17IN4. The van der Waals surface area contributed by atoms with Crippen LogP contribution >= 0.6 is 22.6 Å². The van der Waals surface area contributed by atoms with Crippen LogP contribution < -0.4 is 0 Å². The van der Waals surface area contributed by atoms with Gasteiger partial charge in [-0.25, -0.2) is 14.6 Å². The molecule has 0 spiro atoms. The normalized spacial score (nSPS) is 11.6. The van der Waals surface area contributed by atoms with Crippen molar-refractivity contribution in [1.82, 2.24) is 19.7 Å². The first kappa shape index (κ1) is 18.0. The van der Waals surface area contributed by atoms with E-state index in [1.807, 2.05) is 29.1 Å². The standard InChI is InChI=1S/C24H17IN4/c25-22-21-16-26-17-27-23(21)29(28-22)24(18-10-4-1-5-11-18,19-12-6-2-7-13-19)20-14-8-3-9-15-20/h1-17H. The van der Waals surface area contributed by atoms with Gasteiger partial charge < -0.3 is 0 Å². The van der Waals surface area contributed by atoms with Crippen molar-refractivity contribution in [2.75, 3.05) is 0 Å². The van der Waals surface area contributed by atoms with E-state index in [1.54, 1.807) is 6.33 Å². The third kappa shape index (κ3) is 2.84. The summed E-state index contributed by atoms with van der Waals surface area (Å²) >= 11 is 2.27.